The molecule has 0 aliphatic rings. The summed E-state index contributed by atoms with van der Waals surface area (Å²) in [6.45, 7) is 3.58. The molecule has 0 bridgehead atoms. The predicted molar refractivity (Wildman–Crippen MR) is 115 cm³/mol. The highest BCUT2D eigenvalue weighted by Crippen LogP contribution is 2.28. The summed E-state index contributed by atoms with van der Waals surface area (Å²) in [5.74, 6) is 1.57. The first-order valence-electron chi connectivity index (χ1n) is 9.29. The van der Waals surface area contributed by atoms with Crippen LogP contribution in [0.1, 0.15) is 17.0 Å². The first kappa shape index (κ1) is 20.9. The maximum atomic E-state index is 12.4. The highest BCUT2D eigenvalue weighted by atomic mass is 16.5. The normalized spacial score (nSPS) is 10.7. The Labute approximate surface area is 175 Å². The van der Waals surface area contributed by atoms with Crippen LogP contribution in [0.15, 0.2) is 54.6 Å². The molecule has 154 valence electrons. The highest BCUT2D eigenvalue weighted by Gasteiger charge is 2.12. The minimum absolute atomic E-state index is 0.232. The van der Waals surface area contributed by atoms with Crippen molar-refractivity contribution >= 4 is 17.7 Å². The number of rotatable bonds is 7. The summed E-state index contributed by atoms with van der Waals surface area (Å²) in [4.78, 5) is 21.1. The largest absolute Gasteiger partial charge is 0.493 e. The fraction of sp³-hybridized carbons (Fsp3) is 0.174. The van der Waals surface area contributed by atoms with E-state index in [9.17, 15) is 4.79 Å². The number of amides is 1. The average Bonchev–Trinajstić information content (AvgIpc) is 2.75. The first-order valence-corrected chi connectivity index (χ1v) is 9.29. The Kier molecular flexibility index (Phi) is 6.64. The lowest BCUT2D eigenvalue weighted by atomic mass is 10.2. The lowest BCUT2D eigenvalue weighted by Crippen LogP contribution is -2.12. The molecular weight excluding hydrogens is 382 g/mol. The second-order valence-electron chi connectivity index (χ2n) is 6.40. The van der Waals surface area contributed by atoms with Gasteiger partial charge in [0, 0.05) is 6.08 Å². The van der Waals surface area contributed by atoms with Gasteiger partial charge in [-0.25, -0.2) is 0 Å². The van der Waals surface area contributed by atoms with E-state index < -0.39 is 0 Å². The Morgan fingerprint density at radius 1 is 0.933 bits per heavy atom. The number of nitrogens with zero attached hydrogens (tertiary/aromatic N) is 2. The van der Waals surface area contributed by atoms with E-state index in [0.29, 0.717) is 34.3 Å². The molecule has 0 fully saturated rings. The van der Waals surface area contributed by atoms with Gasteiger partial charge in [0.1, 0.15) is 5.75 Å². The number of para-hydroxylation sites is 1. The zero-order valence-corrected chi connectivity index (χ0v) is 17.3. The highest BCUT2D eigenvalue weighted by molar-refractivity contribution is 6.02. The van der Waals surface area contributed by atoms with Crippen LogP contribution in [0.2, 0.25) is 0 Å². The van der Waals surface area contributed by atoms with Crippen LogP contribution in [0.4, 0.5) is 5.69 Å². The molecule has 7 nitrogen and oxygen atoms in total. The second kappa shape index (κ2) is 9.56. The smallest absolute Gasteiger partial charge is 0.322 e. The molecule has 3 aromatic rings. The van der Waals surface area contributed by atoms with E-state index in [1.165, 1.54) is 6.08 Å². The summed E-state index contributed by atoms with van der Waals surface area (Å²) in [7, 11) is 3.14. The van der Waals surface area contributed by atoms with Gasteiger partial charge in [-0.15, -0.1) is 0 Å². The molecule has 0 saturated heterocycles. The number of benzene rings is 2. The Morgan fingerprint density at radius 3 is 2.23 bits per heavy atom. The van der Waals surface area contributed by atoms with Crippen molar-refractivity contribution in [2.45, 2.75) is 13.8 Å². The summed E-state index contributed by atoms with van der Waals surface area (Å²) in [5, 5.41) is 2.83. The van der Waals surface area contributed by atoms with E-state index in [0.717, 1.165) is 5.56 Å². The molecule has 0 saturated carbocycles. The molecule has 7 heteroatoms. The number of nitrogens with one attached hydrogen (secondary N) is 1. The predicted octanol–water partition coefficient (Wildman–Crippen LogP) is 4.55. The third-order valence-corrected chi connectivity index (χ3v) is 4.29. The van der Waals surface area contributed by atoms with E-state index in [2.05, 4.69) is 15.3 Å². The summed E-state index contributed by atoms with van der Waals surface area (Å²) >= 11 is 0. The van der Waals surface area contributed by atoms with Crippen LogP contribution < -0.4 is 19.5 Å². The van der Waals surface area contributed by atoms with Crippen molar-refractivity contribution < 1.29 is 19.0 Å². The SMILES string of the molecule is COc1ccc(/C=C/C(=O)Nc2c(C)nc(Oc3ccccc3)nc2C)cc1OC. The maximum absolute atomic E-state index is 12.4. The molecule has 2 aromatic carbocycles. The van der Waals surface area contributed by atoms with E-state index in [4.69, 9.17) is 14.2 Å². The zero-order valence-electron chi connectivity index (χ0n) is 17.3. The zero-order chi connectivity index (χ0) is 21.5. The fourth-order valence-corrected chi connectivity index (χ4v) is 2.80. The summed E-state index contributed by atoms with van der Waals surface area (Å²) in [6.07, 6.45) is 3.13. The van der Waals surface area contributed by atoms with Gasteiger partial charge in [-0.1, -0.05) is 24.3 Å². The number of methoxy groups -OCH3 is 2. The number of hydrogen-bond acceptors (Lipinski definition) is 6. The second-order valence-corrected chi connectivity index (χ2v) is 6.40. The fourth-order valence-electron chi connectivity index (χ4n) is 2.80. The van der Waals surface area contributed by atoms with Crippen LogP contribution in [0, 0.1) is 13.8 Å². The summed E-state index contributed by atoms with van der Waals surface area (Å²) < 4.78 is 16.2. The number of hydrogen-bond donors (Lipinski definition) is 1. The Morgan fingerprint density at radius 2 is 1.60 bits per heavy atom. The Bertz CT molecular complexity index is 1040. The standard InChI is InChI=1S/C23H23N3O4/c1-15-22(16(2)25-23(24-15)30-18-8-6-5-7-9-18)26-21(27)13-11-17-10-12-19(28-3)20(14-17)29-4/h5-14H,1-4H3,(H,26,27)/b13-11+. The number of anilines is 1. The first-order chi connectivity index (χ1) is 14.5. The van der Waals surface area contributed by atoms with Gasteiger partial charge >= 0.3 is 6.01 Å². The van der Waals surface area contributed by atoms with Crippen LogP contribution in [0.25, 0.3) is 6.08 Å². The molecule has 0 radical (unpaired) electrons. The molecule has 0 aliphatic heterocycles. The topological polar surface area (TPSA) is 82.6 Å². The third kappa shape index (κ3) is 5.14. The van der Waals surface area contributed by atoms with Crippen molar-refractivity contribution in [2.75, 3.05) is 19.5 Å². The molecule has 0 aliphatic carbocycles. The van der Waals surface area contributed by atoms with Gasteiger partial charge in [-0.05, 0) is 49.8 Å². The number of aryl methyl sites for hydroxylation is 2. The summed E-state index contributed by atoms with van der Waals surface area (Å²) in [5.41, 5.74) is 2.58. The number of carbonyl (C=O) groups excluding carboxylic acids is 1. The summed E-state index contributed by atoms with van der Waals surface area (Å²) in [6, 6.07) is 14.9. The third-order valence-electron chi connectivity index (χ3n) is 4.29. The van der Waals surface area contributed by atoms with Crippen LogP contribution in [-0.4, -0.2) is 30.1 Å². The average molecular weight is 405 g/mol. The monoisotopic (exact) mass is 405 g/mol. The minimum atomic E-state index is -0.295. The molecule has 1 heterocycles. The maximum Gasteiger partial charge on any atom is 0.322 e. The van der Waals surface area contributed by atoms with Crippen LogP contribution in [-0.2, 0) is 4.79 Å². The molecule has 1 aromatic heterocycles. The van der Waals surface area contributed by atoms with E-state index in [-0.39, 0.29) is 11.9 Å². The molecule has 0 spiro atoms. The van der Waals surface area contributed by atoms with Crippen molar-refractivity contribution in [1.82, 2.24) is 9.97 Å². The molecule has 0 unspecified atom stereocenters. The molecule has 0 atom stereocenters. The van der Waals surface area contributed by atoms with E-state index in [1.807, 2.05) is 36.4 Å². The number of aromatic nitrogens is 2. The molecule has 3 rings (SSSR count). The van der Waals surface area contributed by atoms with Gasteiger partial charge in [-0.2, -0.15) is 9.97 Å². The van der Waals surface area contributed by atoms with Crippen molar-refractivity contribution in [3.05, 3.63) is 71.6 Å². The van der Waals surface area contributed by atoms with Gasteiger partial charge in [-0.3, -0.25) is 4.79 Å². The quantitative estimate of drug-likeness (QED) is 0.581. The lowest BCUT2D eigenvalue weighted by molar-refractivity contribution is -0.111. The van der Waals surface area contributed by atoms with E-state index >= 15 is 0 Å². The number of carbonyl (C=O) groups is 1. The van der Waals surface area contributed by atoms with Gasteiger partial charge < -0.3 is 19.5 Å². The van der Waals surface area contributed by atoms with Crippen LogP contribution in [0.3, 0.4) is 0 Å². The van der Waals surface area contributed by atoms with Gasteiger partial charge in [0.25, 0.3) is 0 Å². The van der Waals surface area contributed by atoms with Crippen molar-refractivity contribution in [3.63, 3.8) is 0 Å². The van der Waals surface area contributed by atoms with Gasteiger partial charge in [0.2, 0.25) is 5.91 Å². The van der Waals surface area contributed by atoms with Gasteiger partial charge in [0.15, 0.2) is 11.5 Å². The molecular formula is C23H23N3O4. The van der Waals surface area contributed by atoms with Crippen LogP contribution >= 0.6 is 0 Å². The number of ether oxygens (including phenoxy) is 3. The Hall–Kier alpha value is -3.87. The molecule has 1 N–H and O–H groups in total. The molecule has 1 amide bonds. The van der Waals surface area contributed by atoms with Crippen molar-refractivity contribution in [1.29, 1.82) is 0 Å². The van der Waals surface area contributed by atoms with Crippen LogP contribution in [0.5, 0.6) is 23.3 Å². The van der Waals surface area contributed by atoms with Crippen molar-refractivity contribution in [2.24, 2.45) is 0 Å². The minimum Gasteiger partial charge on any atom is -0.493 e. The Balaban J connectivity index is 1.71. The van der Waals surface area contributed by atoms with E-state index in [1.54, 1.807) is 46.3 Å². The van der Waals surface area contributed by atoms with Gasteiger partial charge in [0.05, 0.1) is 31.3 Å². The lowest BCUT2D eigenvalue weighted by Gasteiger charge is -2.11. The molecule has 30 heavy (non-hydrogen) atoms. The van der Waals surface area contributed by atoms with Crippen molar-refractivity contribution in [3.8, 4) is 23.3 Å².